The second-order valence-corrected chi connectivity index (χ2v) is 20.7. The molecule has 3 aliphatic rings. The Morgan fingerprint density at radius 1 is 1.12 bits per heavy atom. The molecule has 0 radical (unpaired) electrons. The fraction of sp³-hybridized carbons (Fsp3) is 0.592. The first-order valence-electron chi connectivity index (χ1n) is 23.4. The Labute approximate surface area is 393 Å². The summed E-state index contributed by atoms with van der Waals surface area (Å²) >= 11 is 1.39. The number of carbonyl (C=O) groups is 4. The Morgan fingerprint density at radius 3 is 2.61 bits per heavy atom. The fourth-order valence-corrected chi connectivity index (χ4v) is 10.9. The summed E-state index contributed by atoms with van der Waals surface area (Å²) in [4.78, 5) is 72.6. The number of hydrogen-bond acceptors (Lipinski definition) is 12. The van der Waals surface area contributed by atoms with Crippen molar-refractivity contribution in [3.05, 3.63) is 58.2 Å². The lowest BCUT2D eigenvalue weighted by Gasteiger charge is -2.41. The van der Waals surface area contributed by atoms with Crippen LogP contribution in [0.4, 0.5) is 4.79 Å². The lowest BCUT2D eigenvalue weighted by Crippen LogP contribution is -2.67. The van der Waals surface area contributed by atoms with Crippen molar-refractivity contribution >= 4 is 46.1 Å². The third-order valence-electron chi connectivity index (χ3n) is 13.3. The molecule has 3 aromatic heterocycles. The number of aryl methyl sites for hydroxylation is 1. The molecule has 0 saturated carbocycles. The van der Waals surface area contributed by atoms with Crippen molar-refractivity contribution < 1.29 is 33.8 Å². The zero-order valence-electron chi connectivity index (χ0n) is 40.3. The summed E-state index contributed by atoms with van der Waals surface area (Å²) in [6.07, 6.45) is 4.24. The smallest absolute Gasteiger partial charge is 0.355 e. The molecule has 6 heterocycles. The van der Waals surface area contributed by atoms with Crippen LogP contribution in [0.1, 0.15) is 89.6 Å². The van der Waals surface area contributed by atoms with Gasteiger partial charge in [-0.3, -0.25) is 19.6 Å². The second kappa shape index (κ2) is 20.1. The molecule has 4 amide bonds. The highest BCUT2D eigenvalue weighted by molar-refractivity contribution is 7.10. The summed E-state index contributed by atoms with van der Waals surface area (Å²) in [5.41, 5.74) is 6.41. The molecule has 1 aromatic carbocycles. The maximum absolute atomic E-state index is 14.7. The van der Waals surface area contributed by atoms with E-state index in [0.29, 0.717) is 43.4 Å². The number of urea groups is 1. The van der Waals surface area contributed by atoms with Crippen molar-refractivity contribution in [3.8, 4) is 22.5 Å². The molecule has 4 aromatic rings. The molecule has 7 rings (SSSR count). The topological polar surface area (TPSA) is 175 Å². The number of amides is 4. The average molecular weight is 928 g/mol. The van der Waals surface area contributed by atoms with Gasteiger partial charge >= 0.3 is 12.0 Å². The van der Waals surface area contributed by atoms with Crippen molar-refractivity contribution in [1.82, 2.24) is 45.0 Å². The van der Waals surface area contributed by atoms with Gasteiger partial charge in [-0.15, -0.1) is 11.3 Å². The van der Waals surface area contributed by atoms with Gasteiger partial charge in [0.15, 0.2) is 0 Å². The number of nitrogens with one attached hydrogen (secondary N) is 2. The van der Waals surface area contributed by atoms with Crippen LogP contribution >= 0.6 is 11.3 Å². The highest BCUT2D eigenvalue weighted by atomic mass is 32.1. The summed E-state index contributed by atoms with van der Waals surface area (Å²) in [5.74, 6) is -1.90. The monoisotopic (exact) mass is 928 g/mol. The number of piperidine rings is 1. The van der Waals surface area contributed by atoms with Crippen LogP contribution in [0.25, 0.3) is 33.4 Å². The van der Waals surface area contributed by atoms with Crippen LogP contribution in [0, 0.1) is 17.3 Å². The summed E-state index contributed by atoms with van der Waals surface area (Å²) < 4.78 is 14.1. The van der Waals surface area contributed by atoms with E-state index in [-0.39, 0.29) is 44.0 Å². The number of carbonyl (C=O) groups excluding carboxylic acids is 4. The molecule has 3 aliphatic heterocycles. The van der Waals surface area contributed by atoms with Gasteiger partial charge in [0.2, 0.25) is 11.6 Å². The second-order valence-electron chi connectivity index (χ2n) is 19.8. The Hall–Kier alpha value is -4.94. The van der Waals surface area contributed by atoms with Crippen LogP contribution in [-0.4, -0.2) is 142 Å². The number of benzene rings is 1. The van der Waals surface area contributed by atoms with Crippen molar-refractivity contribution in [2.75, 3.05) is 61.0 Å². The van der Waals surface area contributed by atoms with E-state index in [4.69, 9.17) is 19.4 Å². The number of fused-ring (bicyclic) bond motifs is 6. The van der Waals surface area contributed by atoms with E-state index in [1.54, 1.807) is 20.4 Å². The summed E-state index contributed by atoms with van der Waals surface area (Å²) in [7, 11) is 7.38. The van der Waals surface area contributed by atoms with Crippen molar-refractivity contribution in [1.29, 1.82) is 0 Å². The summed E-state index contributed by atoms with van der Waals surface area (Å²) in [5, 5.41) is 19.7. The van der Waals surface area contributed by atoms with Crippen molar-refractivity contribution in [3.63, 3.8) is 0 Å². The number of cyclic esters (lactones) is 1. The minimum Gasteiger partial charge on any atom is -0.462 e. The first-order valence-corrected chi connectivity index (χ1v) is 24.3. The van der Waals surface area contributed by atoms with Crippen LogP contribution in [0.3, 0.4) is 0 Å². The molecule has 0 aliphatic carbocycles. The molecule has 2 fully saturated rings. The van der Waals surface area contributed by atoms with Gasteiger partial charge < -0.3 is 39.2 Å². The standard InChI is InChI=1S/C49H69N9O7S/c1-11-57-39-18-17-33-23-35(39)36(43(57)34-16-12-20-50-41(34)31(4)64-10)25-48(5,6)29-65-46(61)49(63)19-14-22-58(53-49)45(60)37(24-40-51-38(33)28-66-40)52-44(59)42(30(2)3)55(9)47(62)56-21-13-15-32(27-56)26-54(7)8/h12,16-18,20,23,28,30-32,37,42,53,63H,11,13-15,19,21-22,24-27,29H2,1-10H3,(H,52,59)/t31-,32-,37-,42-,49-/m0/s1. The highest BCUT2D eigenvalue weighted by Crippen LogP contribution is 2.42. The van der Waals surface area contributed by atoms with E-state index in [1.807, 2.05) is 65.1 Å². The molecule has 3 N–H and O–H groups in total. The van der Waals surface area contributed by atoms with Gasteiger partial charge in [-0.25, -0.2) is 14.6 Å². The number of likely N-dealkylation sites (tertiary alicyclic amines) is 1. The Kier molecular flexibility index (Phi) is 14.9. The van der Waals surface area contributed by atoms with E-state index in [0.717, 1.165) is 64.1 Å². The SMILES string of the molecule is CCn1c(-c2cccnc2[C@H](C)OC)c2c3cc(ccc31)-c1csc(n1)C[C@H](NC(=O)[C@H](C(C)C)N(C)C(=O)N1CCC[C@@H](CN(C)C)C1)C(=O)N1CCC[C@@](O)(N1)C(=O)OCC(C)(C)C2. The molecular weight excluding hydrogens is 859 g/mol. The van der Waals surface area contributed by atoms with E-state index in [1.165, 1.54) is 21.2 Å². The zero-order chi connectivity index (χ0) is 47.7. The Morgan fingerprint density at radius 2 is 1.89 bits per heavy atom. The number of hydrogen-bond donors (Lipinski definition) is 3. The van der Waals surface area contributed by atoms with E-state index in [2.05, 4.69) is 51.4 Å². The highest BCUT2D eigenvalue weighted by Gasteiger charge is 2.46. The average Bonchev–Trinajstić information content (AvgIpc) is 3.88. The third kappa shape index (κ3) is 10.3. The number of nitrogens with zero attached hydrogens (tertiary/aromatic N) is 7. The number of pyridine rings is 1. The largest absolute Gasteiger partial charge is 0.462 e. The van der Waals surface area contributed by atoms with Crippen LogP contribution < -0.4 is 10.7 Å². The lowest BCUT2D eigenvalue weighted by molar-refractivity contribution is -0.189. The van der Waals surface area contributed by atoms with E-state index < -0.39 is 41.0 Å². The van der Waals surface area contributed by atoms with Crippen LogP contribution in [0.15, 0.2) is 41.9 Å². The van der Waals surface area contributed by atoms with Gasteiger partial charge in [0, 0.05) is 98.7 Å². The quantitative estimate of drug-likeness (QED) is 0.162. The third-order valence-corrected chi connectivity index (χ3v) is 14.2. The van der Waals surface area contributed by atoms with E-state index >= 15 is 0 Å². The van der Waals surface area contributed by atoms with Gasteiger partial charge in [0.1, 0.15) is 12.1 Å². The number of hydrazine groups is 1. The maximum Gasteiger partial charge on any atom is 0.355 e. The maximum atomic E-state index is 14.7. The predicted octanol–water partition coefficient (Wildman–Crippen LogP) is 5.87. The zero-order valence-corrected chi connectivity index (χ0v) is 41.2. The fourth-order valence-electron chi connectivity index (χ4n) is 10.0. The van der Waals surface area contributed by atoms with Crippen LogP contribution in [0.5, 0.6) is 0 Å². The van der Waals surface area contributed by atoms with Crippen molar-refractivity contribution in [2.45, 2.75) is 111 Å². The summed E-state index contributed by atoms with van der Waals surface area (Å²) in [6, 6.07) is 8.03. The first-order chi connectivity index (χ1) is 31.3. The molecule has 0 spiro atoms. The van der Waals surface area contributed by atoms with Crippen LogP contribution in [0.2, 0.25) is 0 Å². The number of ether oxygens (including phenoxy) is 2. The number of rotatable bonds is 10. The van der Waals surface area contributed by atoms with E-state index in [9.17, 15) is 24.3 Å². The molecule has 66 heavy (non-hydrogen) atoms. The predicted molar refractivity (Wildman–Crippen MR) is 255 cm³/mol. The van der Waals surface area contributed by atoms with Crippen LogP contribution in [-0.2, 0) is 43.2 Å². The van der Waals surface area contributed by atoms with Gasteiger partial charge in [-0.2, -0.15) is 5.43 Å². The number of aromatic nitrogens is 3. The van der Waals surface area contributed by atoms with Gasteiger partial charge in [0.05, 0.1) is 34.8 Å². The number of thiazole rings is 1. The Balaban J connectivity index is 1.28. The number of aliphatic hydroxyl groups is 1. The molecule has 5 atom stereocenters. The Bertz CT molecular complexity index is 2410. The van der Waals surface area contributed by atoms with Gasteiger partial charge in [-0.05, 0) is 95.3 Å². The molecule has 2 saturated heterocycles. The molecule has 358 valence electrons. The molecule has 17 heteroatoms. The minimum atomic E-state index is -2.20. The van der Waals surface area contributed by atoms with Gasteiger partial charge in [-0.1, -0.05) is 33.8 Å². The lowest BCUT2D eigenvalue weighted by atomic mass is 9.84. The molecular formula is C49H69N9O7S. The normalized spacial score (nSPS) is 22.6. The summed E-state index contributed by atoms with van der Waals surface area (Å²) in [6.45, 7) is 14.8. The number of methoxy groups -OCH3 is 1. The van der Waals surface area contributed by atoms with Crippen molar-refractivity contribution in [2.24, 2.45) is 17.3 Å². The number of likely N-dealkylation sites (N-methyl/N-ethyl adjacent to an activating group) is 1. The molecule has 0 unspecified atom stereocenters. The molecule has 6 bridgehead atoms. The molecule has 16 nitrogen and oxygen atoms in total. The first kappa shape index (κ1) is 49.0. The number of esters is 1. The minimum absolute atomic E-state index is 0.00944. The van der Waals surface area contributed by atoms with Gasteiger partial charge in [0.25, 0.3) is 5.91 Å².